The van der Waals surface area contributed by atoms with Gasteiger partial charge in [0, 0.05) is 6.21 Å². The lowest BCUT2D eigenvalue weighted by atomic mass is 10.2. The summed E-state index contributed by atoms with van der Waals surface area (Å²) >= 11 is 11.6. The molecule has 2 rings (SSSR count). The number of hydrogen-bond donors (Lipinski definition) is 0. The van der Waals surface area contributed by atoms with Crippen molar-refractivity contribution < 1.29 is 8.42 Å². The lowest BCUT2D eigenvalue weighted by Crippen LogP contribution is -1.97. The Labute approximate surface area is 127 Å². The first kappa shape index (κ1) is 15.0. The molecule has 0 amide bonds. The van der Waals surface area contributed by atoms with Gasteiger partial charge in [-0.25, -0.2) is 0 Å². The Balaban J connectivity index is 2.29. The van der Waals surface area contributed by atoms with Crippen LogP contribution in [0.2, 0.25) is 10.0 Å². The molecular formula is C14H11Cl2NO2S. The van der Waals surface area contributed by atoms with Crippen LogP contribution in [-0.4, -0.2) is 14.6 Å². The summed E-state index contributed by atoms with van der Waals surface area (Å²) < 4.78 is 27.7. The topological polar surface area (TPSA) is 46.5 Å². The van der Waals surface area contributed by atoms with Crippen LogP contribution in [0.1, 0.15) is 11.1 Å². The lowest BCUT2D eigenvalue weighted by molar-refractivity contribution is 0.598. The number of nitrogens with zero attached hydrogens (tertiary/aromatic N) is 1. The number of hydrogen-bond acceptors (Lipinski definition) is 2. The summed E-state index contributed by atoms with van der Waals surface area (Å²) in [6.45, 7) is 1.88. The van der Waals surface area contributed by atoms with E-state index < -0.39 is 10.0 Å². The van der Waals surface area contributed by atoms with Gasteiger partial charge >= 0.3 is 0 Å². The van der Waals surface area contributed by atoms with E-state index in [1.54, 1.807) is 30.3 Å². The molecule has 2 aromatic rings. The van der Waals surface area contributed by atoms with Crippen LogP contribution >= 0.6 is 23.2 Å². The van der Waals surface area contributed by atoms with Crippen molar-refractivity contribution in [3.8, 4) is 0 Å². The van der Waals surface area contributed by atoms with E-state index in [1.165, 1.54) is 18.3 Å². The zero-order chi connectivity index (χ0) is 14.8. The fraction of sp³-hybridized carbons (Fsp3) is 0.0714. The molecule has 0 unspecified atom stereocenters. The van der Waals surface area contributed by atoms with Gasteiger partial charge in [-0.1, -0.05) is 47.0 Å². The first-order valence-corrected chi connectivity index (χ1v) is 7.90. The Bertz CT molecular complexity index is 753. The zero-order valence-electron chi connectivity index (χ0n) is 10.5. The molecule has 0 aliphatic rings. The predicted octanol–water partition coefficient (Wildman–Crippen LogP) is 4.11. The Hall–Kier alpha value is -1.36. The smallest absolute Gasteiger partial charge is 0.199 e. The highest BCUT2D eigenvalue weighted by Crippen LogP contribution is 2.22. The standard InChI is InChI=1S/C14H11Cl2NO2S/c1-10-2-5-12(6-3-10)20(18,19)17-9-11-4-7-13(15)14(16)8-11/h2-9H,1H3/b17-9+. The third-order valence-electron chi connectivity index (χ3n) is 2.60. The summed E-state index contributed by atoms with van der Waals surface area (Å²) in [5, 5.41) is 0.758. The second kappa shape index (κ2) is 5.95. The van der Waals surface area contributed by atoms with Crippen LogP contribution in [0.15, 0.2) is 51.8 Å². The largest absolute Gasteiger partial charge is 0.282 e. The number of sulfonamides is 1. The van der Waals surface area contributed by atoms with Crippen LogP contribution in [0.4, 0.5) is 0 Å². The van der Waals surface area contributed by atoms with Crippen molar-refractivity contribution in [2.45, 2.75) is 11.8 Å². The maximum absolute atomic E-state index is 12.0. The van der Waals surface area contributed by atoms with E-state index in [2.05, 4.69) is 4.40 Å². The molecule has 0 atom stereocenters. The van der Waals surface area contributed by atoms with E-state index in [-0.39, 0.29) is 4.90 Å². The van der Waals surface area contributed by atoms with E-state index in [4.69, 9.17) is 23.2 Å². The van der Waals surface area contributed by atoms with Crippen LogP contribution in [0, 0.1) is 6.92 Å². The Morgan fingerprint density at radius 1 is 1.00 bits per heavy atom. The van der Waals surface area contributed by atoms with Crippen molar-refractivity contribution in [3.05, 3.63) is 63.6 Å². The van der Waals surface area contributed by atoms with E-state index >= 15 is 0 Å². The molecule has 0 N–H and O–H groups in total. The lowest BCUT2D eigenvalue weighted by Gasteiger charge is -2.00. The monoisotopic (exact) mass is 327 g/mol. The third kappa shape index (κ3) is 3.60. The molecule has 20 heavy (non-hydrogen) atoms. The first-order valence-electron chi connectivity index (χ1n) is 5.70. The van der Waals surface area contributed by atoms with Gasteiger partial charge in [0.05, 0.1) is 14.9 Å². The van der Waals surface area contributed by atoms with Gasteiger partial charge in [0.2, 0.25) is 0 Å². The van der Waals surface area contributed by atoms with Gasteiger partial charge in [0.25, 0.3) is 10.0 Å². The minimum Gasteiger partial charge on any atom is -0.199 e. The van der Waals surface area contributed by atoms with Gasteiger partial charge in [0.1, 0.15) is 0 Å². The van der Waals surface area contributed by atoms with Gasteiger partial charge < -0.3 is 0 Å². The molecule has 0 aliphatic heterocycles. The highest BCUT2D eigenvalue weighted by Gasteiger charge is 2.10. The molecule has 0 saturated heterocycles. The average molecular weight is 328 g/mol. The van der Waals surface area contributed by atoms with Crippen molar-refractivity contribution in [2.75, 3.05) is 0 Å². The fourth-order valence-corrected chi connectivity index (χ4v) is 2.66. The number of aryl methyl sites for hydroxylation is 1. The minimum atomic E-state index is -3.70. The molecule has 6 heteroatoms. The number of rotatable bonds is 3. The molecular weight excluding hydrogens is 317 g/mol. The van der Waals surface area contributed by atoms with E-state index in [9.17, 15) is 8.42 Å². The zero-order valence-corrected chi connectivity index (χ0v) is 12.9. The van der Waals surface area contributed by atoms with E-state index in [0.29, 0.717) is 15.6 Å². The van der Waals surface area contributed by atoms with Crippen LogP contribution in [0.3, 0.4) is 0 Å². The van der Waals surface area contributed by atoms with Crippen LogP contribution < -0.4 is 0 Å². The summed E-state index contributed by atoms with van der Waals surface area (Å²) in [6.07, 6.45) is 1.25. The molecule has 0 radical (unpaired) electrons. The van der Waals surface area contributed by atoms with Crippen LogP contribution in [-0.2, 0) is 10.0 Å². The van der Waals surface area contributed by atoms with E-state index in [1.807, 2.05) is 6.92 Å². The molecule has 0 saturated carbocycles. The quantitative estimate of drug-likeness (QED) is 0.796. The molecule has 3 nitrogen and oxygen atoms in total. The molecule has 104 valence electrons. The first-order chi connectivity index (χ1) is 9.38. The minimum absolute atomic E-state index is 0.152. The highest BCUT2D eigenvalue weighted by atomic mass is 35.5. The molecule has 0 heterocycles. The maximum Gasteiger partial charge on any atom is 0.282 e. The normalized spacial score (nSPS) is 11.9. The Morgan fingerprint density at radius 2 is 1.65 bits per heavy atom. The van der Waals surface area contributed by atoms with Crippen molar-refractivity contribution in [1.29, 1.82) is 0 Å². The second-order valence-electron chi connectivity index (χ2n) is 4.20. The van der Waals surface area contributed by atoms with Crippen LogP contribution in [0.5, 0.6) is 0 Å². The maximum atomic E-state index is 12.0. The van der Waals surface area contributed by atoms with E-state index in [0.717, 1.165) is 5.56 Å². The third-order valence-corrected chi connectivity index (χ3v) is 4.59. The fourth-order valence-electron chi connectivity index (χ4n) is 1.49. The predicted molar refractivity (Wildman–Crippen MR) is 82.4 cm³/mol. The van der Waals surface area contributed by atoms with Crippen LogP contribution in [0.25, 0.3) is 0 Å². The number of halogens is 2. The summed E-state index contributed by atoms with van der Waals surface area (Å²) in [6, 6.07) is 11.3. The van der Waals surface area contributed by atoms with Gasteiger partial charge in [-0.3, -0.25) is 0 Å². The number of benzene rings is 2. The van der Waals surface area contributed by atoms with Gasteiger partial charge in [-0.05, 0) is 36.8 Å². The SMILES string of the molecule is Cc1ccc(S(=O)(=O)/N=C/c2ccc(Cl)c(Cl)c2)cc1. The van der Waals surface area contributed by atoms with Gasteiger partial charge in [-0.15, -0.1) is 0 Å². The van der Waals surface area contributed by atoms with Crippen molar-refractivity contribution in [2.24, 2.45) is 4.40 Å². The summed E-state index contributed by atoms with van der Waals surface area (Å²) in [5.41, 5.74) is 1.55. The average Bonchev–Trinajstić information content (AvgIpc) is 2.41. The van der Waals surface area contributed by atoms with Crippen molar-refractivity contribution in [3.63, 3.8) is 0 Å². The molecule has 0 spiro atoms. The Kier molecular flexibility index (Phi) is 4.48. The summed E-state index contributed by atoms with van der Waals surface area (Å²) in [5.74, 6) is 0. The van der Waals surface area contributed by atoms with Crippen molar-refractivity contribution in [1.82, 2.24) is 0 Å². The van der Waals surface area contributed by atoms with Gasteiger partial charge in [0.15, 0.2) is 0 Å². The molecule has 0 aliphatic carbocycles. The molecule has 0 bridgehead atoms. The van der Waals surface area contributed by atoms with Crippen molar-refractivity contribution >= 4 is 39.4 Å². The summed E-state index contributed by atoms with van der Waals surface area (Å²) in [4.78, 5) is 0.152. The molecule has 2 aromatic carbocycles. The Morgan fingerprint density at radius 3 is 2.25 bits per heavy atom. The molecule has 0 aromatic heterocycles. The highest BCUT2D eigenvalue weighted by molar-refractivity contribution is 7.90. The summed E-state index contributed by atoms with van der Waals surface area (Å²) in [7, 11) is -3.70. The second-order valence-corrected chi connectivity index (χ2v) is 6.64. The molecule has 0 fully saturated rings. The van der Waals surface area contributed by atoms with Gasteiger partial charge in [-0.2, -0.15) is 12.8 Å².